The SMILES string of the molecule is CCOc1ccccc1-c1ccccc1C(F)(F)F. The third kappa shape index (κ3) is 2.89. The first-order valence-electron chi connectivity index (χ1n) is 5.92. The molecule has 0 bridgehead atoms. The Balaban J connectivity index is 2.60. The second-order valence-corrected chi connectivity index (χ2v) is 3.97. The van der Waals surface area contributed by atoms with E-state index in [4.69, 9.17) is 4.74 Å². The molecule has 0 aliphatic heterocycles. The monoisotopic (exact) mass is 266 g/mol. The van der Waals surface area contributed by atoms with E-state index in [0.29, 0.717) is 17.9 Å². The molecule has 0 aliphatic carbocycles. The van der Waals surface area contributed by atoms with Crippen LogP contribution in [-0.4, -0.2) is 6.61 Å². The quantitative estimate of drug-likeness (QED) is 0.777. The Kier molecular flexibility index (Phi) is 3.79. The molecule has 0 aliphatic rings. The van der Waals surface area contributed by atoms with Gasteiger partial charge in [0.1, 0.15) is 5.75 Å². The minimum absolute atomic E-state index is 0.138. The maximum absolute atomic E-state index is 13.0. The molecule has 0 spiro atoms. The summed E-state index contributed by atoms with van der Waals surface area (Å²) in [5, 5.41) is 0. The zero-order chi connectivity index (χ0) is 13.9. The molecule has 0 heterocycles. The third-order valence-electron chi connectivity index (χ3n) is 2.71. The smallest absolute Gasteiger partial charge is 0.417 e. The predicted octanol–water partition coefficient (Wildman–Crippen LogP) is 4.77. The lowest BCUT2D eigenvalue weighted by Crippen LogP contribution is -2.07. The van der Waals surface area contributed by atoms with Crippen LogP contribution >= 0.6 is 0 Å². The number of hydrogen-bond acceptors (Lipinski definition) is 1. The van der Waals surface area contributed by atoms with E-state index in [1.54, 1.807) is 37.3 Å². The second-order valence-electron chi connectivity index (χ2n) is 3.97. The van der Waals surface area contributed by atoms with Gasteiger partial charge >= 0.3 is 6.18 Å². The van der Waals surface area contributed by atoms with Crippen LogP contribution in [0, 0.1) is 0 Å². The summed E-state index contributed by atoms with van der Waals surface area (Å²) in [5.74, 6) is 0.460. The van der Waals surface area contributed by atoms with E-state index in [9.17, 15) is 13.2 Å². The summed E-state index contributed by atoms with van der Waals surface area (Å²) in [7, 11) is 0. The highest BCUT2D eigenvalue weighted by molar-refractivity contribution is 5.73. The van der Waals surface area contributed by atoms with Crippen molar-refractivity contribution in [3.63, 3.8) is 0 Å². The Morgan fingerprint density at radius 3 is 2.11 bits per heavy atom. The van der Waals surface area contributed by atoms with Crippen molar-refractivity contribution in [1.29, 1.82) is 0 Å². The zero-order valence-corrected chi connectivity index (χ0v) is 10.4. The van der Waals surface area contributed by atoms with E-state index in [2.05, 4.69) is 0 Å². The summed E-state index contributed by atoms with van der Waals surface area (Å²) in [5.41, 5.74) is -0.0570. The molecule has 0 atom stereocenters. The summed E-state index contributed by atoms with van der Waals surface area (Å²) in [4.78, 5) is 0. The lowest BCUT2D eigenvalue weighted by Gasteiger charge is -2.15. The van der Waals surface area contributed by atoms with Gasteiger partial charge in [-0.05, 0) is 24.6 Å². The first-order valence-corrected chi connectivity index (χ1v) is 5.92. The van der Waals surface area contributed by atoms with Gasteiger partial charge in [-0.15, -0.1) is 0 Å². The molecule has 2 rings (SSSR count). The van der Waals surface area contributed by atoms with Crippen LogP contribution in [0.15, 0.2) is 48.5 Å². The van der Waals surface area contributed by atoms with E-state index in [-0.39, 0.29) is 5.56 Å². The molecular formula is C15H13F3O. The molecule has 2 aromatic carbocycles. The van der Waals surface area contributed by atoms with Crippen molar-refractivity contribution in [3.8, 4) is 16.9 Å². The molecule has 0 unspecified atom stereocenters. The maximum Gasteiger partial charge on any atom is 0.417 e. The first-order chi connectivity index (χ1) is 9.04. The molecule has 0 radical (unpaired) electrons. The van der Waals surface area contributed by atoms with Crippen LogP contribution in [0.4, 0.5) is 13.2 Å². The van der Waals surface area contributed by atoms with Gasteiger partial charge in [-0.1, -0.05) is 36.4 Å². The number of ether oxygens (including phenoxy) is 1. The normalized spacial score (nSPS) is 11.4. The number of hydrogen-bond donors (Lipinski definition) is 0. The van der Waals surface area contributed by atoms with Crippen molar-refractivity contribution in [2.24, 2.45) is 0 Å². The molecule has 4 heteroatoms. The van der Waals surface area contributed by atoms with Crippen molar-refractivity contribution < 1.29 is 17.9 Å². The zero-order valence-electron chi connectivity index (χ0n) is 10.4. The lowest BCUT2D eigenvalue weighted by molar-refractivity contribution is -0.137. The molecule has 0 saturated carbocycles. The average molecular weight is 266 g/mol. The van der Waals surface area contributed by atoms with Crippen LogP contribution in [0.2, 0.25) is 0 Å². The number of rotatable bonds is 3. The van der Waals surface area contributed by atoms with E-state index >= 15 is 0 Å². The summed E-state index contributed by atoms with van der Waals surface area (Å²) >= 11 is 0. The molecule has 0 aromatic heterocycles. The van der Waals surface area contributed by atoms with Gasteiger partial charge in [0.2, 0.25) is 0 Å². The van der Waals surface area contributed by atoms with Crippen molar-refractivity contribution in [3.05, 3.63) is 54.1 Å². The topological polar surface area (TPSA) is 9.23 Å². The first kappa shape index (κ1) is 13.5. The Morgan fingerprint density at radius 1 is 0.895 bits per heavy atom. The number of benzene rings is 2. The Labute approximate surface area is 109 Å². The van der Waals surface area contributed by atoms with Crippen LogP contribution in [0.5, 0.6) is 5.75 Å². The van der Waals surface area contributed by atoms with Gasteiger partial charge < -0.3 is 4.74 Å². The molecule has 0 N–H and O–H groups in total. The van der Waals surface area contributed by atoms with Crippen molar-refractivity contribution in [2.45, 2.75) is 13.1 Å². The Morgan fingerprint density at radius 2 is 1.47 bits per heavy atom. The van der Waals surface area contributed by atoms with Crippen molar-refractivity contribution in [2.75, 3.05) is 6.61 Å². The standard InChI is InChI=1S/C15H13F3O/c1-2-19-14-10-6-4-8-12(14)11-7-3-5-9-13(11)15(16,17)18/h3-10H,2H2,1H3. The van der Waals surface area contributed by atoms with Gasteiger partial charge in [-0.2, -0.15) is 13.2 Å². The van der Waals surface area contributed by atoms with Gasteiger partial charge in [0, 0.05) is 5.56 Å². The fourth-order valence-electron chi connectivity index (χ4n) is 1.94. The number of alkyl halides is 3. The third-order valence-corrected chi connectivity index (χ3v) is 2.71. The van der Waals surface area contributed by atoms with E-state index < -0.39 is 11.7 Å². The van der Waals surface area contributed by atoms with Crippen molar-refractivity contribution in [1.82, 2.24) is 0 Å². The van der Waals surface area contributed by atoms with Gasteiger partial charge in [0.05, 0.1) is 12.2 Å². The summed E-state index contributed by atoms with van der Waals surface area (Å²) in [6.07, 6.45) is -4.38. The van der Waals surface area contributed by atoms with E-state index in [1.165, 1.54) is 12.1 Å². The maximum atomic E-state index is 13.0. The van der Waals surface area contributed by atoms with Crippen molar-refractivity contribution >= 4 is 0 Å². The van der Waals surface area contributed by atoms with Crippen LogP contribution in [0.25, 0.3) is 11.1 Å². The molecule has 0 saturated heterocycles. The molecule has 1 nitrogen and oxygen atoms in total. The Bertz CT molecular complexity index is 561. The average Bonchev–Trinajstić information content (AvgIpc) is 2.39. The molecule has 100 valence electrons. The molecule has 19 heavy (non-hydrogen) atoms. The van der Waals surface area contributed by atoms with Crippen LogP contribution in [-0.2, 0) is 6.18 Å². The summed E-state index contributed by atoms with van der Waals surface area (Å²) < 4.78 is 44.4. The fraction of sp³-hybridized carbons (Fsp3) is 0.200. The highest BCUT2D eigenvalue weighted by Crippen LogP contribution is 2.40. The van der Waals surface area contributed by atoms with Gasteiger partial charge in [0.15, 0.2) is 0 Å². The molecule has 0 fully saturated rings. The second kappa shape index (κ2) is 5.34. The minimum Gasteiger partial charge on any atom is -0.493 e. The van der Waals surface area contributed by atoms with Gasteiger partial charge in [0.25, 0.3) is 0 Å². The van der Waals surface area contributed by atoms with Gasteiger partial charge in [-0.25, -0.2) is 0 Å². The predicted molar refractivity (Wildman–Crippen MR) is 68.0 cm³/mol. The summed E-state index contributed by atoms with van der Waals surface area (Å²) in [6.45, 7) is 2.21. The minimum atomic E-state index is -4.38. The fourth-order valence-corrected chi connectivity index (χ4v) is 1.94. The Hall–Kier alpha value is -1.97. The largest absolute Gasteiger partial charge is 0.493 e. The van der Waals surface area contributed by atoms with Crippen LogP contribution in [0.3, 0.4) is 0 Å². The summed E-state index contributed by atoms with van der Waals surface area (Å²) in [6, 6.07) is 12.3. The number of para-hydroxylation sites is 1. The molecular weight excluding hydrogens is 253 g/mol. The number of halogens is 3. The van der Waals surface area contributed by atoms with E-state index in [1.807, 2.05) is 0 Å². The molecule has 2 aromatic rings. The highest BCUT2D eigenvalue weighted by atomic mass is 19.4. The lowest BCUT2D eigenvalue weighted by atomic mass is 9.98. The highest BCUT2D eigenvalue weighted by Gasteiger charge is 2.33. The van der Waals surface area contributed by atoms with Crippen LogP contribution in [0.1, 0.15) is 12.5 Å². The van der Waals surface area contributed by atoms with E-state index in [0.717, 1.165) is 6.07 Å². The molecule has 0 amide bonds. The van der Waals surface area contributed by atoms with Gasteiger partial charge in [-0.3, -0.25) is 0 Å². The van der Waals surface area contributed by atoms with Crippen LogP contribution < -0.4 is 4.74 Å².